The van der Waals surface area contributed by atoms with Crippen molar-refractivity contribution in [3.05, 3.63) is 77.9 Å². The Kier molecular flexibility index (Phi) is 6.10. The molecule has 9 heteroatoms. The smallest absolute Gasteiger partial charge is 0.298 e. The van der Waals surface area contributed by atoms with E-state index < -0.39 is 0 Å². The minimum Gasteiger partial charge on any atom is -0.454 e. The van der Waals surface area contributed by atoms with Crippen LogP contribution in [0.2, 0.25) is 0 Å². The molecule has 2 aliphatic heterocycles. The van der Waals surface area contributed by atoms with Crippen LogP contribution in [0.1, 0.15) is 28.8 Å². The van der Waals surface area contributed by atoms with Gasteiger partial charge in [-0.1, -0.05) is 30.3 Å². The molecule has 3 heterocycles. The van der Waals surface area contributed by atoms with Crippen LogP contribution in [-0.2, 0) is 11.3 Å². The second-order valence-corrected chi connectivity index (χ2v) is 9.13. The summed E-state index contributed by atoms with van der Waals surface area (Å²) in [5.74, 6) is 0.849. The van der Waals surface area contributed by atoms with Crippen molar-refractivity contribution in [3.63, 3.8) is 0 Å². The first-order chi connectivity index (χ1) is 18.1. The van der Waals surface area contributed by atoms with Gasteiger partial charge >= 0.3 is 0 Å². The summed E-state index contributed by atoms with van der Waals surface area (Å²) in [6, 6.07) is 20.9. The van der Waals surface area contributed by atoms with E-state index in [4.69, 9.17) is 13.9 Å². The van der Waals surface area contributed by atoms with Crippen LogP contribution in [0.3, 0.4) is 0 Å². The third kappa shape index (κ3) is 4.80. The first-order valence-corrected chi connectivity index (χ1v) is 12.3. The molecule has 1 aromatic heterocycles. The molecule has 188 valence electrons. The van der Waals surface area contributed by atoms with E-state index in [0.717, 1.165) is 16.7 Å². The van der Waals surface area contributed by atoms with Crippen molar-refractivity contribution >= 4 is 34.6 Å². The van der Waals surface area contributed by atoms with Gasteiger partial charge in [-0.3, -0.25) is 9.59 Å². The molecule has 37 heavy (non-hydrogen) atoms. The molecular weight excluding hydrogens is 472 g/mol. The number of anilines is 2. The minimum atomic E-state index is -0.264. The van der Waals surface area contributed by atoms with Crippen LogP contribution in [0.5, 0.6) is 11.5 Å². The van der Waals surface area contributed by atoms with Crippen molar-refractivity contribution in [2.24, 2.45) is 5.92 Å². The Morgan fingerprint density at radius 3 is 2.59 bits per heavy atom. The summed E-state index contributed by atoms with van der Waals surface area (Å²) < 4.78 is 16.6. The Hall–Kier alpha value is -4.53. The molecule has 0 spiro atoms. The highest BCUT2D eigenvalue weighted by atomic mass is 16.7. The average Bonchev–Trinajstić information content (AvgIpc) is 3.59. The number of carbonyl (C=O) groups is 2. The zero-order valence-corrected chi connectivity index (χ0v) is 20.1. The van der Waals surface area contributed by atoms with Crippen LogP contribution in [0.4, 0.5) is 11.7 Å². The number of para-hydroxylation sites is 3. The largest absolute Gasteiger partial charge is 0.454 e. The zero-order chi connectivity index (χ0) is 25.2. The van der Waals surface area contributed by atoms with Gasteiger partial charge in [0, 0.05) is 25.6 Å². The van der Waals surface area contributed by atoms with Gasteiger partial charge in [-0.25, -0.2) is 0 Å². The number of benzene rings is 3. The maximum atomic E-state index is 13.1. The van der Waals surface area contributed by atoms with Crippen molar-refractivity contribution in [1.29, 1.82) is 0 Å². The first kappa shape index (κ1) is 22.9. The van der Waals surface area contributed by atoms with Gasteiger partial charge in [-0.2, -0.15) is 4.98 Å². The van der Waals surface area contributed by atoms with Gasteiger partial charge in [0.2, 0.25) is 12.7 Å². The molecule has 3 aromatic carbocycles. The maximum absolute atomic E-state index is 13.1. The molecule has 2 N–H and O–H groups in total. The molecule has 2 amide bonds. The lowest BCUT2D eigenvalue weighted by molar-refractivity contribution is -0.120. The molecule has 0 radical (unpaired) electrons. The highest BCUT2D eigenvalue weighted by Crippen LogP contribution is 2.32. The summed E-state index contributed by atoms with van der Waals surface area (Å²) in [4.78, 5) is 32.7. The van der Waals surface area contributed by atoms with Crippen molar-refractivity contribution in [3.8, 4) is 11.5 Å². The molecule has 0 bridgehead atoms. The molecule has 1 fully saturated rings. The molecule has 9 nitrogen and oxygen atoms in total. The lowest BCUT2D eigenvalue weighted by Gasteiger charge is -2.30. The predicted molar refractivity (Wildman–Crippen MR) is 138 cm³/mol. The molecular formula is C28H26N4O5. The second-order valence-electron chi connectivity index (χ2n) is 9.13. The molecule has 0 atom stereocenters. The third-order valence-electron chi connectivity index (χ3n) is 6.74. The summed E-state index contributed by atoms with van der Waals surface area (Å²) in [5.41, 5.74) is 3.39. The quantitative estimate of drug-likeness (QED) is 0.407. The number of nitrogens with one attached hydrogen (secondary N) is 2. The Bertz CT molecular complexity index is 1420. The van der Waals surface area contributed by atoms with E-state index in [0.29, 0.717) is 61.2 Å². The van der Waals surface area contributed by atoms with E-state index >= 15 is 0 Å². The lowest BCUT2D eigenvalue weighted by Crippen LogP contribution is -2.38. The zero-order valence-electron chi connectivity index (χ0n) is 20.1. The normalized spacial score (nSPS) is 15.1. The maximum Gasteiger partial charge on any atom is 0.298 e. The molecule has 0 aliphatic carbocycles. The number of hydrogen-bond acceptors (Lipinski definition) is 7. The average molecular weight is 499 g/mol. The fourth-order valence-electron chi connectivity index (χ4n) is 4.68. The van der Waals surface area contributed by atoms with Gasteiger partial charge in [0.1, 0.15) is 5.52 Å². The monoisotopic (exact) mass is 498 g/mol. The van der Waals surface area contributed by atoms with E-state index in [1.807, 2.05) is 42.5 Å². The fraction of sp³-hybridized carbons (Fsp3) is 0.250. The number of fused-ring (bicyclic) bond motifs is 2. The summed E-state index contributed by atoms with van der Waals surface area (Å²) >= 11 is 0. The van der Waals surface area contributed by atoms with Crippen LogP contribution in [0.25, 0.3) is 11.1 Å². The summed E-state index contributed by atoms with van der Waals surface area (Å²) in [6.07, 6.45) is 1.34. The minimum absolute atomic E-state index is 0.0896. The molecule has 4 aromatic rings. The van der Waals surface area contributed by atoms with Crippen LogP contribution >= 0.6 is 0 Å². The van der Waals surface area contributed by atoms with E-state index in [2.05, 4.69) is 20.5 Å². The Labute approximate surface area is 213 Å². The number of hydrogen-bond donors (Lipinski definition) is 2. The number of amides is 2. The summed E-state index contributed by atoms with van der Waals surface area (Å²) in [6.45, 7) is 1.87. The Morgan fingerprint density at radius 2 is 1.73 bits per heavy atom. The molecule has 1 saturated heterocycles. The van der Waals surface area contributed by atoms with E-state index in [9.17, 15) is 9.59 Å². The first-order valence-electron chi connectivity index (χ1n) is 12.3. The van der Waals surface area contributed by atoms with Gasteiger partial charge < -0.3 is 29.4 Å². The second kappa shape index (κ2) is 9.85. The molecule has 2 aliphatic rings. The predicted octanol–water partition coefficient (Wildman–Crippen LogP) is 4.34. The number of nitrogens with zero attached hydrogens (tertiary/aromatic N) is 2. The molecule has 0 saturated carbocycles. The SMILES string of the molecule is O=C(NCc1ccc2c(c1)OCO2)c1ccccc1NC(=O)C1CCN(c2nc3ccccc3o2)CC1. The van der Waals surface area contributed by atoms with Crippen molar-refractivity contribution in [2.75, 3.05) is 30.1 Å². The van der Waals surface area contributed by atoms with E-state index in [1.54, 1.807) is 24.3 Å². The molecule has 0 unspecified atom stereocenters. The highest BCUT2D eigenvalue weighted by Gasteiger charge is 2.28. The van der Waals surface area contributed by atoms with Crippen molar-refractivity contribution in [1.82, 2.24) is 10.3 Å². The number of rotatable bonds is 6. The number of oxazole rings is 1. The van der Waals surface area contributed by atoms with Crippen molar-refractivity contribution < 1.29 is 23.5 Å². The van der Waals surface area contributed by atoms with Gasteiger partial charge in [0.15, 0.2) is 17.1 Å². The Morgan fingerprint density at radius 1 is 0.946 bits per heavy atom. The van der Waals surface area contributed by atoms with Gasteiger partial charge in [-0.15, -0.1) is 0 Å². The fourth-order valence-corrected chi connectivity index (χ4v) is 4.68. The van der Waals surface area contributed by atoms with Crippen molar-refractivity contribution in [2.45, 2.75) is 19.4 Å². The standard InChI is InChI=1S/C28H26N4O5/c33-26(19-11-13-32(14-12-19)28-31-22-7-3-4-8-23(22)37-28)30-21-6-2-1-5-20(21)27(34)29-16-18-9-10-24-25(15-18)36-17-35-24/h1-10,15,19H,11-14,16-17H2,(H,29,34)(H,30,33). The number of piperidine rings is 1. The molecule has 6 rings (SSSR count). The van der Waals surface area contributed by atoms with Crippen LogP contribution in [0, 0.1) is 5.92 Å². The number of carbonyl (C=O) groups excluding carboxylic acids is 2. The van der Waals surface area contributed by atoms with Gasteiger partial charge in [-0.05, 0) is 54.8 Å². The third-order valence-corrected chi connectivity index (χ3v) is 6.74. The van der Waals surface area contributed by atoms with E-state index in [-0.39, 0.29) is 24.5 Å². The lowest BCUT2D eigenvalue weighted by atomic mass is 9.96. The van der Waals surface area contributed by atoms with E-state index in [1.165, 1.54) is 0 Å². The Balaban J connectivity index is 1.06. The van der Waals surface area contributed by atoms with Gasteiger partial charge in [0.25, 0.3) is 11.9 Å². The van der Waals surface area contributed by atoms with Crippen LogP contribution in [0.15, 0.2) is 71.1 Å². The number of aromatic nitrogens is 1. The van der Waals surface area contributed by atoms with Crippen LogP contribution < -0.4 is 25.0 Å². The number of ether oxygens (including phenoxy) is 2. The summed E-state index contributed by atoms with van der Waals surface area (Å²) in [5, 5.41) is 5.90. The highest BCUT2D eigenvalue weighted by molar-refractivity contribution is 6.04. The topological polar surface area (TPSA) is 106 Å². The van der Waals surface area contributed by atoms with Gasteiger partial charge in [0.05, 0.1) is 11.3 Å². The summed E-state index contributed by atoms with van der Waals surface area (Å²) in [7, 11) is 0. The van der Waals surface area contributed by atoms with Crippen LogP contribution in [-0.4, -0.2) is 36.7 Å².